The van der Waals surface area contributed by atoms with Crippen LogP contribution >= 0.6 is 0 Å². The van der Waals surface area contributed by atoms with Crippen LogP contribution in [-0.4, -0.2) is 53.1 Å². The summed E-state index contributed by atoms with van der Waals surface area (Å²) in [5, 5.41) is 8.02. The molecule has 0 spiro atoms. The van der Waals surface area contributed by atoms with Gasteiger partial charge >= 0.3 is 0 Å². The van der Waals surface area contributed by atoms with Crippen molar-refractivity contribution in [3.8, 4) is 0 Å². The third-order valence-corrected chi connectivity index (χ3v) is 4.33. The van der Waals surface area contributed by atoms with Gasteiger partial charge in [0.25, 0.3) is 0 Å². The molecule has 1 N–H and O–H groups in total. The summed E-state index contributed by atoms with van der Waals surface area (Å²) in [6, 6.07) is 3.20. The Balaban J connectivity index is 1.41. The Labute approximate surface area is 121 Å². The highest BCUT2D eigenvalue weighted by Crippen LogP contribution is 2.22. The summed E-state index contributed by atoms with van der Waals surface area (Å²) in [4.78, 5) is 2.59. The quantitative estimate of drug-likeness (QED) is 0.884. The van der Waals surface area contributed by atoms with E-state index in [2.05, 4.69) is 35.2 Å². The summed E-state index contributed by atoms with van der Waals surface area (Å²) in [6.07, 6.45) is 5.03. The van der Waals surface area contributed by atoms with Gasteiger partial charge in [-0.2, -0.15) is 5.10 Å². The van der Waals surface area contributed by atoms with E-state index in [0.717, 1.165) is 31.9 Å². The van der Waals surface area contributed by atoms with Crippen molar-refractivity contribution < 1.29 is 4.74 Å². The number of fused-ring (bicyclic) bond motifs is 1. The highest BCUT2D eigenvalue weighted by Gasteiger charge is 2.31. The van der Waals surface area contributed by atoms with Gasteiger partial charge in [-0.25, -0.2) is 0 Å². The van der Waals surface area contributed by atoms with Crippen molar-refractivity contribution in [1.29, 1.82) is 0 Å². The lowest BCUT2D eigenvalue weighted by molar-refractivity contribution is -0.0470. The Kier molecular flexibility index (Phi) is 4.38. The van der Waals surface area contributed by atoms with Crippen molar-refractivity contribution in [2.75, 3.05) is 26.2 Å². The Morgan fingerprint density at radius 3 is 3.20 bits per heavy atom. The number of hydrogen-bond donors (Lipinski definition) is 1. The smallest absolute Gasteiger partial charge is 0.0827 e. The van der Waals surface area contributed by atoms with Crippen LogP contribution in [0, 0.1) is 0 Å². The molecule has 1 aromatic rings. The molecule has 3 heterocycles. The van der Waals surface area contributed by atoms with E-state index in [9.17, 15) is 0 Å². The number of morpholine rings is 1. The predicted octanol–water partition coefficient (Wildman–Crippen LogP) is 1.42. The number of nitrogens with one attached hydrogen (secondary N) is 1. The van der Waals surface area contributed by atoms with Gasteiger partial charge in [0.1, 0.15) is 0 Å². The summed E-state index contributed by atoms with van der Waals surface area (Å²) in [5.74, 6) is 0. The molecule has 2 aliphatic rings. The zero-order valence-corrected chi connectivity index (χ0v) is 12.6. The molecule has 0 aliphatic carbocycles. The first kappa shape index (κ1) is 14.0. The first-order chi connectivity index (χ1) is 9.72. The zero-order chi connectivity index (χ0) is 13.9. The number of nitrogens with zero attached hydrogens (tertiary/aromatic N) is 3. The minimum Gasteiger partial charge on any atom is -0.374 e. The van der Waals surface area contributed by atoms with Crippen LogP contribution in [0.1, 0.15) is 38.4 Å². The van der Waals surface area contributed by atoms with Gasteiger partial charge in [-0.1, -0.05) is 0 Å². The molecule has 5 heteroatoms. The summed E-state index contributed by atoms with van der Waals surface area (Å²) < 4.78 is 7.95. The van der Waals surface area contributed by atoms with Crippen LogP contribution in [0.15, 0.2) is 12.3 Å². The van der Waals surface area contributed by atoms with E-state index in [1.54, 1.807) is 0 Å². The largest absolute Gasteiger partial charge is 0.374 e. The van der Waals surface area contributed by atoms with Gasteiger partial charge in [-0.3, -0.25) is 9.58 Å². The molecule has 2 atom stereocenters. The van der Waals surface area contributed by atoms with Gasteiger partial charge in [0.2, 0.25) is 0 Å². The number of hydrogen-bond acceptors (Lipinski definition) is 4. The molecule has 2 fully saturated rings. The minimum atomic E-state index is 0.330. The van der Waals surface area contributed by atoms with E-state index in [1.165, 1.54) is 19.4 Å². The molecular weight excluding hydrogens is 252 g/mol. The second-order valence-electron chi connectivity index (χ2n) is 6.26. The van der Waals surface area contributed by atoms with Crippen molar-refractivity contribution in [1.82, 2.24) is 20.0 Å². The van der Waals surface area contributed by atoms with Gasteiger partial charge in [0, 0.05) is 37.9 Å². The molecule has 5 nitrogen and oxygen atoms in total. The number of ether oxygens (including phenoxy) is 1. The van der Waals surface area contributed by atoms with Gasteiger partial charge in [-0.15, -0.1) is 0 Å². The molecule has 0 bridgehead atoms. The van der Waals surface area contributed by atoms with E-state index in [1.807, 2.05) is 10.9 Å². The minimum absolute atomic E-state index is 0.330. The average Bonchev–Trinajstić information content (AvgIpc) is 3.06. The number of aromatic nitrogens is 2. The van der Waals surface area contributed by atoms with Crippen molar-refractivity contribution in [3.05, 3.63) is 18.0 Å². The maximum atomic E-state index is 5.94. The Morgan fingerprint density at radius 1 is 1.50 bits per heavy atom. The lowest BCUT2D eigenvalue weighted by Crippen LogP contribution is -2.49. The average molecular weight is 278 g/mol. The molecule has 2 saturated heterocycles. The van der Waals surface area contributed by atoms with Crippen LogP contribution in [0.5, 0.6) is 0 Å². The molecule has 2 unspecified atom stereocenters. The van der Waals surface area contributed by atoms with E-state index in [-0.39, 0.29) is 0 Å². The second-order valence-corrected chi connectivity index (χ2v) is 6.26. The Hall–Kier alpha value is -0.910. The lowest BCUT2D eigenvalue weighted by Gasteiger charge is -2.35. The Morgan fingerprint density at radius 2 is 2.40 bits per heavy atom. The van der Waals surface area contributed by atoms with Crippen LogP contribution in [-0.2, 0) is 11.3 Å². The monoisotopic (exact) mass is 278 g/mol. The highest BCUT2D eigenvalue weighted by molar-refractivity contribution is 4.99. The predicted molar refractivity (Wildman–Crippen MR) is 78.7 cm³/mol. The van der Waals surface area contributed by atoms with E-state index >= 15 is 0 Å². The van der Waals surface area contributed by atoms with Crippen LogP contribution in [0.2, 0.25) is 0 Å². The molecule has 112 valence electrons. The van der Waals surface area contributed by atoms with Crippen molar-refractivity contribution in [2.45, 2.75) is 51.4 Å². The number of rotatable bonds is 5. The van der Waals surface area contributed by atoms with E-state index in [4.69, 9.17) is 4.74 Å². The molecule has 1 aromatic heterocycles. The maximum Gasteiger partial charge on any atom is 0.0827 e. The van der Waals surface area contributed by atoms with Gasteiger partial charge in [0.15, 0.2) is 0 Å². The van der Waals surface area contributed by atoms with Gasteiger partial charge in [0.05, 0.1) is 18.4 Å². The van der Waals surface area contributed by atoms with E-state index < -0.39 is 0 Å². The summed E-state index contributed by atoms with van der Waals surface area (Å²) in [6.45, 7) is 9.27. The van der Waals surface area contributed by atoms with Gasteiger partial charge < -0.3 is 10.1 Å². The van der Waals surface area contributed by atoms with Crippen molar-refractivity contribution in [3.63, 3.8) is 0 Å². The van der Waals surface area contributed by atoms with Gasteiger partial charge in [-0.05, 0) is 39.3 Å². The molecule has 0 saturated carbocycles. The van der Waals surface area contributed by atoms with Crippen molar-refractivity contribution >= 4 is 0 Å². The molecule has 2 aliphatic heterocycles. The molecule has 20 heavy (non-hydrogen) atoms. The standard InChI is InChI=1S/C15H26N4O/c1-12(2)19-7-5-13(17-19)8-16-9-15-10-18-6-3-4-14(18)11-20-15/h5,7,12,14-16H,3-4,6,8-11H2,1-2H3. The summed E-state index contributed by atoms with van der Waals surface area (Å²) in [5.41, 5.74) is 1.11. The van der Waals surface area contributed by atoms with Crippen molar-refractivity contribution in [2.24, 2.45) is 0 Å². The third-order valence-electron chi connectivity index (χ3n) is 4.33. The second kappa shape index (κ2) is 6.24. The maximum absolute atomic E-state index is 5.94. The van der Waals surface area contributed by atoms with Crippen LogP contribution < -0.4 is 5.32 Å². The molecule has 0 aromatic carbocycles. The molecular formula is C15H26N4O. The van der Waals surface area contributed by atoms with Crippen LogP contribution in [0.3, 0.4) is 0 Å². The first-order valence-corrected chi connectivity index (χ1v) is 7.83. The van der Waals surface area contributed by atoms with E-state index in [0.29, 0.717) is 18.2 Å². The Bertz CT molecular complexity index is 431. The zero-order valence-electron chi connectivity index (χ0n) is 12.6. The summed E-state index contributed by atoms with van der Waals surface area (Å²) in [7, 11) is 0. The first-order valence-electron chi connectivity index (χ1n) is 7.83. The van der Waals surface area contributed by atoms with Crippen LogP contribution in [0.4, 0.5) is 0 Å². The SMILES string of the molecule is CC(C)n1ccc(CNCC2CN3CCCC3CO2)n1. The lowest BCUT2D eigenvalue weighted by atomic mass is 10.2. The molecule has 3 rings (SSSR count). The normalized spacial score (nSPS) is 27.1. The molecule has 0 amide bonds. The highest BCUT2D eigenvalue weighted by atomic mass is 16.5. The fourth-order valence-electron chi connectivity index (χ4n) is 3.13. The molecule has 0 radical (unpaired) electrons. The third kappa shape index (κ3) is 3.22. The fraction of sp³-hybridized carbons (Fsp3) is 0.800. The topological polar surface area (TPSA) is 42.3 Å². The summed E-state index contributed by atoms with van der Waals surface area (Å²) >= 11 is 0. The fourth-order valence-corrected chi connectivity index (χ4v) is 3.13. The van der Waals surface area contributed by atoms with Crippen LogP contribution in [0.25, 0.3) is 0 Å².